The maximum absolute atomic E-state index is 11.6. The predicted octanol–water partition coefficient (Wildman–Crippen LogP) is -0.173. The third kappa shape index (κ3) is 6.23. The molecule has 0 saturated heterocycles. The molecule has 0 aliphatic heterocycles. The molecular formula is C11H21NO5. The average Bonchev–Trinajstić information content (AvgIpc) is 2.21. The molecule has 0 spiro atoms. The molecule has 0 saturated carbocycles. The topological polar surface area (TPSA) is 98.9 Å². The number of hydrogen-bond donors (Lipinski definition) is 2. The summed E-state index contributed by atoms with van der Waals surface area (Å²) in [6.45, 7) is 4.75. The largest absolute Gasteiger partial charge is 0.468 e. The molecule has 0 heterocycles. The highest BCUT2D eigenvalue weighted by molar-refractivity contribution is 5.78. The molecule has 0 fully saturated rings. The summed E-state index contributed by atoms with van der Waals surface area (Å²) >= 11 is 0. The van der Waals surface area contributed by atoms with Gasteiger partial charge in [-0.3, -0.25) is 9.59 Å². The summed E-state index contributed by atoms with van der Waals surface area (Å²) in [4.78, 5) is 22.7. The highest BCUT2D eigenvalue weighted by Crippen LogP contribution is 2.14. The zero-order chi connectivity index (χ0) is 13.6. The Labute approximate surface area is 101 Å². The van der Waals surface area contributed by atoms with Crippen LogP contribution >= 0.6 is 0 Å². The lowest BCUT2D eigenvalue weighted by Gasteiger charge is -2.24. The number of ether oxygens (including phenoxy) is 2. The summed E-state index contributed by atoms with van der Waals surface area (Å²) in [5, 5.41) is 9.09. The third-order valence-electron chi connectivity index (χ3n) is 2.00. The fourth-order valence-electron chi connectivity index (χ4n) is 1.18. The molecule has 0 radical (unpaired) electrons. The molecule has 6 nitrogen and oxygen atoms in total. The summed E-state index contributed by atoms with van der Waals surface area (Å²) < 4.78 is 9.54. The van der Waals surface area contributed by atoms with Crippen molar-refractivity contribution >= 4 is 11.9 Å². The van der Waals surface area contributed by atoms with E-state index in [1.807, 2.05) is 0 Å². The van der Waals surface area contributed by atoms with Crippen LogP contribution in [0.1, 0.15) is 27.2 Å². The average molecular weight is 247 g/mol. The lowest BCUT2D eigenvalue weighted by molar-refractivity contribution is -0.162. The Morgan fingerprint density at radius 2 is 1.82 bits per heavy atom. The molecule has 0 aromatic carbocycles. The first-order valence-corrected chi connectivity index (χ1v) is 5.38. The summed E-state index contributed by atoms with van der Waals surface area (Å²) in [7, 11) is 1.21. The van der Waals surface area contributed by atoms with Gasteiger partial charge < -0.3 is 20.3 Å². The summed E-state index contributed by atoms with van der Waals surface area (Å²) in [5.74, 6) is -2.00. The minimum Gasteiger partial charge on any atom is -0.468 e. The number of esters is 2. The number of carbonyl (C=O) groups excluding carboxylic acids is 2. The van der Waals surface area contributed by atoms with Crippen molar-refractivity contribution in [2.75, 3.05) is 13.7 Å². The van der Waals surface area contributed by atoms with Gasteiger partial charge in [0.25, 0.3) is 0 Å². The van der Waals surface area contributed by atoms with Gasteiger partial charge in [0.15, 0.2) is 0 Å². The number of carbonyl (C=O) groups is 2. The van der Waals surface area contributed by atoms with E-state index in [1.54, 1.807) is 20.8 Å². The molecular weight excluding hydrogens is 226 g/mol. The van der Waals surface area contributed by atoms with Gasteiger partial charge in [-0.2, -0.15) is 0 Å². The Morgan fingerprint density at radius 3 is 2.18 bits per heavy atom. The van der Waals surface area contributed by atoms with Crippen molar-refractivity contribution in [3.05, 3.63) is 0 Å². The number of methoxy groups -OCH3 is 1. The van der Waals surface area contributed by atoms with Crippen molar-refractivity contribution in [3.8, 4) is 0 Å². The molecule has 0 aliphatic carbocycles. The number of aliphatic hydroxyl groups excluding tert-OH is 1. The maximum Gasteiger partial charge on any atom is 0.322 e. The van der Waals surface area contributed by atoms with Crippen LogP contribution in [0.5, 0.6) is 0 Å². The molecule has 3 N–H and O–H groups in total. The van der Waals surface area contributed by atoms with Crippen molar-refractivity contribution < 1.29 is 24.2 Å². The van der Waals surface area contributed by atoms with Gasteiger partial charge in [0.1, 0.15) is 11.6 Å². The van der Waals surface area contributed by atoms with E-state index < -0.39 is 36.1 Å². The molecule has 2 atom stereocenters. The quantitative estimate of drug-likeness (QED) is 0.654. The second-order valence-electron chi connectivity index (χ2n) is 4.78. The first-order chi connectivity index (χ1) is 7.71. The fourth-order valence-corrected chi connectivity index (χ4v) is 1.18. The second kappa shape index (κ2) is 6.56. The van der Waals surface area contributed by atoms with Crippen LogP contribution < -0.4 is 5.73 Å². The SMILES string of the molecule is COC(=O)C(N)CC(CO)C(=O)OC(C)(C)C. The van der Waals surface area contributed by atoms with Crippen molar-refractivity contribution in [3.63, 3.8) is 0 Å². The van der Waals surface area contributed by atoms with E-state index in [4.69, 9.17) is 15.6 Å². The number of rotatable bonds is 5. The number of nitrogens with two attached hydrogens (primary N) is 1. The smallest absolute Gasteiger partial charge is 0.322 e. The van der Waals surface area contributed by atoms with Gasteiger partial charge >= 0.3 is 11.9 Å². The Hall–Kier alpha value is -1.14. The summed E-state index contributed by atoms with van der Waals surface area (Å²) in [6.07, 6.45) is -0.00190. The molecule has 6 heteroatoms. The van der Waals surface area contributed by atoms with E-state index in [2.05, 4.69) is 4.74 Å². The highest BCUT2D eigenvalue weighted by Gasteiger charge is 2.28. The van der Waals surface area contributed by atoms with E-state index in [9.17, 15) is 9.59 Å². The van der Waals surface area contributed by atoms with Gasteiger partial charge in [0.2, 0.25) is 0 Å². The molecule has 0 aromatic heterocycles. The predicted molar refractivity (Wildman–Crippen MR) is 61.0 cm³/mol. The number of aliphatic hydroxyl groups is 1. The Kier molecular flexibility index (Phi) is 6.12. The standard InChI is InChI=1S/C11H21NO5/c1-11(2,3)17-9(14)7(6-13)5-8(12)10(15)16-4/h7-8,13H,5-6,12H2,1-4H3. The van der Waals surface area contributed by atoms with Crippen molar-refractivity contribution in [2.24, 2.45) is 11.7 Å². The first kappa shape index (κ1) is 15.9. The lowest BCUT2D eigenvalue weighted by atomic mass is 10.0. The minimum atomic E-state index is -0.940. The van der Waals surface area contributed by atoms with Crippen LogP contribution in [0.2, 0.25) is 0 Å². The summed E-state index contributed by atoms with van der Waals surface area (Å²) in [5.41, 5.74) is 4.87. The van der Waals surface area contributed by atoms with Crippen LogP contribution in [-0.2, 0) is 19.1 Å². The van der Waals surface area contributed by atoms with Crippen molar-refractivity contribution in [2.45, 2.75) is 38.8 Å². The number of hydrogen-bond acceptors (Lipinski definition) is 6. The van der Waals surface area contributed by atoms with E-state index >= 15 is 0 Å². The third-order valence-corrected chi connectivity index (χ3v) is 2.00. The van der Waals surface area contributed by atoms with Gasteiger partial charge in [-0.1, -0.05) is 0 Å². The maximum atomic E-state index is 11.6. The zero-order valence-corrected chi connectivity index (χ0v) is 10.7. The van der Waals surface area contributed by atoms with Gasteiger partial charge in [-0.25, -0.2) is 0 Å². The minimum absolute atomic E-state index is 0.00190. The van der Waals surface area contributed by atoms with Gasteiger partial charge in [0, 0.05) is 0 Å². The summed E-state index contributed by atoms with van der Waals surface area (Å²) in [6, 6.07) is -0.940. The van der Waals surface area contributed by atoms with Crippen LogP contribution in [0.4, 0.5) is 0 Å². The van der Waals surface area contributed by atoms with Crippen LogP contribution in [0, 0.1) is 5.92 Å². The molecule has 17 heavy (non-hydrogen) atoms. The van der Waals surface area contributed by atoms with Crippen molar-refractivity contribution in [1.82, 2.24) is 0 Å². The van der Waals surface area contributed by atoms with E-state index in [0.29, 0.717) is 0 Å². The van der Waals surface area contributed by atoms with E-state index in [1.165, 1.54) is 7.11 Å². The Morgan fingerprint density at radius 1 is 1.29 bits per heavy atom. The van der Waals surface area contributed by atoms with Gasteiger partial charge in [-0.05, 0) is 27.2 Å². The van der Waals surface area contributed by atoms with Crippen LogP contribution in [0.25, 0.3) is 0 Å². The van der Waals surface area contributed by atoms with E-state index in [0.717, 1.165) is 0 Å². The monoisotopic (exact) mass is 247 g/mol. The van der Waals surface area contributed by atoms with Crippen LogP contribution in [-0.4, -0.2) is 42.4 Å². The molecule has 2 unspecified atom stereocenters. The molecule has 100 valence electrons. The van der Waals surface area contributed by atoms with Gasteiger partial charge in [-0.15, -0.1) is 0 Å². The Bertz CT molecular complexity index is 272. The molecule has 0 aromatic rings. The molecule has 0 amide bonds. The second-order valence-corrected chi connectivity index (χ2v) is 4.78. The van der Waals surface area contributed by atoms with Crippen LogP contribution in [0.15, 0.2) is 0 Å². The first-order valence-electron chi connectivity index (χ1n) is 5.38. The Balaban J connectivity index is 4.43. The van der Waals surface area contributed by atoms with Crippen LogP contribution in [0.3, 0.4) is 0 Å². The van der Waals surface area contributed by atoms with E-state index in [-0.39, 0.29) is 6.42 Å². The fraction of sp³-hybridized carbons (Fsp3) is 0.818. The highest BCUT2D eigenvalue weighted by atomic mass is 16.6. The zero-order valence-electron chi connectivity index (χ0n) is 10.7. The molecule has 0 aliphatic rings. The normalized spacial score (nSPS) is 14.9. The lowest BCUT2D eigenvalue weighted by Crippen LogP contribution is -2.38. The van der Waals surface area contributed by atoms with Gasteiger partial charge in [0.05, 0.1) is 19.6 Å². The molecule has 0 bridgehead atoms. The van der Waals surface area contributed by atoms with Crippen molar-refractivity contribution in [1.29, 1.82) is 0 Å². The molecule has 0 rings (SSSR count).